The topological polar surface area (TPSA) is 121 Å². The van der Waals surface area contributed by atoms with E-state index < -0.39 is 0 Å². The van der Waals surface area contributed by atoms with Crippen molar-refractivity contribution in [3.05, 3.63) is 48.5 Å². The van der Waals surface area contributed by atoms with Crippen molar-refractivity contribution in [1.29, 1.82) is 0 Å². The van der Waals surface area contributed by atoms with Crippen molar-refractivity contribution in [3.63, 3.8) is 0 Å². The number of ether oxygens (including phenoxy) is 2. The normalized spacial score (nSPS) is 11.1. The van der Waals surface area contributed by atoms with Gasteiger partial charge in [-0.1, -0.05) is 0 Å². The van der Waals surface area contributed by atoms with Gasteiger partial charge in [-0.05, 0) is 69.2 Å². The summed E-state index contributed by atoms with van der Waals surface area (Å²) in [4.78, 5) is 0. The van der Waals surface area contributed by atoms with Gasteiger partial charge in [0.1, 0.15) is 11.5 Å². The Hall–Kier alpha value is -4.08. The molecular formula is C18H14N6O4. The van der Waals surface area contributed by atoms with Gasteiger partial charge in [-0.3, -0.25) is 0 Å². The van der Waals surface area contributed by atoms with Gasteiger partial charge in [-0.25, -0.2) is 9.26 Å². The molecule has 0 radical (unpaired) electrons. The molecule has 0 saturated carbocycles. The van der Waals surface area contributed by atoms with Gasteiger partial charge < -0.3 is 9.47 Å². The predicted octanol–water partition coefficient (Wildman–Crippen LogP) is 4.22. The largest absolute Gasteiger partial charge is 0.497 e. The van der Waals surface area contributed by atoms with Gasteiger partial charge in [0.15, 0.2) is 11.4 Å². The van der Waals surface area contributed by atoms with Crippen LogP contribution >= 0.6 is 0 Å². The van der Waals surface area contributed by atoms with Crippen LogP contribution in [0, 0.1) is 0 Å². The highest BCUT2D eigenvalue weighted by Gasteiger charge is 2.15. The number of hydrogen-bond donors (Lipinski definition) is 0. The van der Waals surface area contributed by atoms with Gasteiger partial charge in [0.25, 0.3) is 0 Å². The molecule has 0 amide bonds. The molecule has 4 rings (SSSR count). The van der Waals surface area contributed by atoms with Crippen LogP contribution < -0.4 is 9.47 Å². The summed E-state index contributed by atoms with van der Waals surface area (Å²) in [6.45, 7) is 0. The summed E-state index contributed by atoms with van der Waals surface area (Å²) in [5.74, 6) is 1.85. The molecule has 2 heterocycles. The lowest BCUT2D eigenvalue weighted by Gasteiger charge is -2.00. The Balaban J connectivity index is 1.61. The van der Waals surface area contributed by atoms with E-state index in [0.29, 0.717) is 11.4 Å². The molecule has 10 nitrogen and oxygen atoms in total. The van der Waals surface area contributed by atoms with E-state index in [0.717, 1.165) is 22.6 Å². The van der Waals surface area contributed by atoms with E-state index in [1.165, 1.54) is 0 Å². The molecule has 140 valence electrons. The number of nitrogens with zero attached hydrogens (tertiary/aromatic N) is 6. The summed E-state index contributed by atoms with van der Waals surface area (Å²) in [6, 6.07) is 14.5. The molecule has 0 spiro atoms. The molecule has 0 N–H and O–H groups in total. The highest BCUT2D eigenvalue weighted by molar-refractivity contribution is 5.70. The number of azo groups is 1. The highest BCUT2D eigenvalue weighted by atomic mass is 16.6. The molecule has 0 saturated heterocycles. The smallest absolute Gasteiger partial charge is 0.245 e. The monoisotopic (exact) mass is 378 g/mol. The van der Waals surface area contributed by atoms with Crippen LogP contribution in [-0.4, -0.2) is 34.8 Å². The molecule has 4 aromatic rings. The fraction of sp³-hybridized carbons (Fsp3) is 0.111. The summed E-state index contributed by atoms with van der Waals surface area (Å²) in [5, 5.41) is 23.5. The summed E-state index contributed by atoms with van der Waals surface area (Å²) in [5.41, 5.74) is 2.39. The third-order valence-electron chi connectivity index (χ3n) is 3.91. The van der Waals surface area contributed by atoms with Crippen LogP contribution in [-0.2, 0) is 0 Å². The first-order chi connectivity index (χ1) is 13.8. The molecule has 28 heavy (non-hydrogen) atoms. The van der Waals surface area contributed by atoms with Crippen molar-refractivity contribution >= 4 is 11.6 Å². The quantitative estimate of drug-likeness (QED) is 0.457. The average Bonchev–Trinajstić information content (AvgIpc) is 3.41. The maximum absolute atomic E-state index is 5.15. The second-order valence-corrected chi connectivity index (χ2v) is 5.53. The number of methoxy groups -OCH3 is 2. The summed E-state index contributed by atoms with van der Waals surface area (Å²) in [7, 11) is 3.19. The molecule has 2 aromatic heterocycles. The Labute approximate surface area is 158 Å². The second kappa shape index (κ2) is 7.66. The molecule has 0 aliphatic heterocycles. The van der Waals surface area contributed by atoms with Gasteiger partial charge in [-0.15, -0.1) is 10.2 Å². The van der Waals surface area contributed by atoms with Gasteiger partial charge in [-0.2, -0.15) is 0 Å². The van der Waals surface area contributed by atoms with Crippen LogP contribution in [0.1, 0.15) is 0 Å². The fourth-order valence-electron chi connectivity index (χ4n) is 2.46. The van der Waals surface area contributed by atoms with Crippen LogP contribution in [0.4, 0.5) is 11.6 Å². The molecular weight excluding hydrogens is 364 g/mol. The zero-order chi connectivity index (χ0) is 19.3. The maximum Gasteiger partial charge on any atom is 0.245 e. The minimum atomic E-state index is 0.203. The molecule has 10 heteroatoms. The number of aromatic nitrogens is 4. The van der Waals surface area contributed by atoms with E-state index in [-0.39, 0.29) is 11.6 Å². The first kappa shape index (κ1) is 17.3. The minimum absolute atomic E-state index is 0.203. The lowest BCUT2D eigenvalue weighted by atomic mass is 10.1. The maximum atomic E-state index is 5.15. The molecule has 2 aromatic carbocycles. The van der Waals surface area contributed by atoms with E-state index in [4.69, 9.17) is 18.7 Å². The third-order valence-corrected chi connectivity index (χ3v) is 3.91. The van der Waals surface area contributed by atoms with Crippen LogP contribution in [0.5, 0.6) is 11.5 Å². The van der Waals surface area contributed by atoms with Crippen molar-refractivity contribution in [2.45, 2.75) is 0 Å². The van der Waals surface area contributed by atoms with Crippen molar-refractivity contribution < 1.29 is 18.7 Å². The zero-order valence-electron chi connectivity index (χ0n) is 14.9. The third kappa shape index (κ3) is 3.43. The number of hydrogen-bond acceptors (Lipinski definition) is 10. The fourth-order valence-corrected chi connectivity index (χ4v) is 2.46. The van der Waals surface area contributed by atoms with Crippen molar-refractivity contribution in [2.75, 3.05) is 14.2 Å². The van der Waals surface area contributed by atoms with Crippen molar-refractivity contribution in [2.24, 2.45) is 10.2 Å². The van der Waals surface area contributed by atoms with Gasteiger partial charge >= 0.3 is 0 Å². The van der Waals surface area contributed by atoms with E-state index in [1.807, 2.05) is 24.3 Å². The Morgan fingerprint density at radius 3 is 1.36 bits per heavy atom. The van der Waals surface area contributed by atoms with Crippen molar-refractivity contribution in [1.82, 2.24) is 20.6 Å². The molecule has 0 unspecified atom stereocenters. The second-order valence-electron chi connectivity index (χ2n) is 5.53. The lowest BCUT2D eigenvalue weighted by molar-refractivity contribution is 0.308. The van der Waals surface area contributed by atoms with E-state index in [9.17, 15) is 0 Å². The van der Waals surface area contributed by atoms with Gasteiger partial charge in [0.05, 0.1) is 14.2 Å². The summed E-state index contributed by atoms with van der Waals surface area (Å²) in [6.07, 6.45) is 0. The van der Waals surface area contributed by atoms with Crippen LogP contribution in [0.3, 0.4) is 0 Å². The summed E-state index contributed by atoms with van der Waals surface area (Å²) >= 11 is 0. The minimum Gasteiger partial charge on any atom is -0.497 e. The molecule has 0 atom stereocenters. The van der Waals surface area contributed by atoms with Gasteiger partial charge in [0, 0.05) is 11.1 Å². The van der Waals surface area contributed by atoms with Gasteiger partial charge in [0.2, 0.25) is 11.6 Å². The van der Waals surface area contributed by atoms with E-state index >= 15 is 0 Å². The Morgan fingerprint density at radius 2 is 1.00 bits per heavy atom. The average molecular weight is 378 g/mol. The van der Waals surface area contributed by atoms with E-state index in [2.05, 4.69) is 30.9 Å². The lowest BCUT2D eigenvalue weighted by Crippen LogP contribution is -1.83. The Morgan fingerprint density at radius 1 is 0.607 bits per heavy atom. The number of rotatable bonds is 6. The number of benzene rings is 2. The molecule has 0 aliphatic carbocycles. The SMILES string of the molecule is COc1ccc(-c2nonc2N=Nc2nonc2-c2ccc(OC)cc2)cc1. The van der Waals surface area contributed by atoms with Crippen LogP contribution in [0.2, 0.25) is 0 Å². The van der Waals surface area contributed by atoms with Crippen molar-refractivity contribution in [3.8, 4) is 34.0 Å². The highest BCUT2D eigenvalue weighted by Crippen LogP contribution is 2.32. The standard InChI is InChI=1S/C18H14N6O4/c1-25-13-7-3-11(4-8-13)15-17(23-27-21-15)19-20-18-16(22-28-24-18)12-5-9-14(26-2)10-6-12/h3-10H,1-2H3. The van der Waals surface area contributed by atoms with Crippen LogP contribution in [0.15, 0.2) is 68.0 Å². The molecule has 0 aliphatic rings. The van der Waals surface area contributed by atoms with Crippen LogP contribution in [0.25, 0.3) is 22.5 Å². The first-order valence-corrected chi connectivity index (χ1v) is 8.14. The predicted molar refractivity (Wildman–Crippen MR) is 96.7 cm³/mol. The zero-order valence-corrected chi connectivity index (χ0v) is 14.9. The summed E-state index contributed by atoms with van der Waals surface area (Å²) < 4.78 is 19.9. The Bertz CT molecular complexity index is 998. The molecule has 0 bridgehead atoms. The first-order valence-electron chi connectivity index (χ1n) is 8.14. The Kier molecular flexibility index (Phi) is 4.74. The molecule has 0 fully saturated rings. The van der Waals surface area contributed by atoms with E-state index in [1.54, 1.807) is 38.5 Å².